The lowest BCUT2D eigenvalue weighted by atomic mass is 10.1. The molecule has 1 fully saturated rings. The number of pyridine rings is 1. The number of anilines is 1. The Bertz CT molecular complexity index is 1100. The third kappa shape index (κ3) is 5.33. The number of hydrogen-bond donors (Lipinski definition) is 0. The Kier molecular flexibility index (Phi) is 6.82. The van der Waals surface area contributed by atoms with Crippen molar-refractivity contribution < 1.29 is 18.7 Å². The van der Waals surface area contributed by atoms with Crippen molar-refractivity contribution >= 4 is 29.3 Å². The zero-order chi connectivity index (χ0) is 24.6. The summed E-state index contributed by atoms with van der Waals surface area (Å²) >= 11 is 5.87. The van der Waals surface area contributed by atoms with Gasteiger partial charge in [0.15, 0.2) is 0 Å². The van der Waals surface area contributed by atoms with Crippen molar-refractivity contribution in [3.63, 3.8) is 0 Å². The van der Waals surface area contributed by atoms with Crippen LogP contribution in [-0.4, -0.2) is 71.2 Å². The number of piperazine rings is 1. The number of ether oxygens (including phenoxy) is 1. The molecule has 1 aromatic heterocycles. The van der Waals surface area contributed by atoms with Gasteiger partial charge in [-0.25, -0.2) is 9.18 Å². The van der Waals surface area contributed by atoms with Gasteiger partial charge >= 0.3 is 6.09 Å². The van der Waals surface area contributed by atoms with Gasteiger partial charge in [0.2, 0.25) is 5.91 Å². The lowest BCUT2D eigenvalue weighted by molar-refractivity contribution is -0.120. The van der Waals surface area contributed by atoms with Crippen LogP contribution in [0.2, 0.25) is 5.02 Å². The maximum Gasteiger partial charge on any atom is 0.410 e. The molecule has 9 heteroatoms. The Morgan fingerprint density at radius 1 is 1.21 bits per heavy atom. The molecule has 0 bridgehead atoms. The van der Waals surface area contributed by atoms with Gasteiger partial charge in [-0.3, -0.25) is 14.7 Å². The number of fused-ring (bicyclic) bond motifs is 1. The van der Waals surface area contributed by atoms with Gasteiger partial charge in [0.25, 0.3) is 0 Å². The van der Waals surface area contributed by atoms with Gasteiger partial charge in [-0.05, 0) is 63.9 Å². The van der Waals surface area contributed by atoms with Crippen molar-refractivity contribution in [3.8, 4) is 11.3 Å². The molecule has 2 aromatic rings. The molecule has 1 unspecified atom stereocenters. The summed E-state index contributed by atoms with van der Waals surface area (Å²) in [4.78, 5) is 35.6. The predicted molar refractivity (Wildman–Crippen MR) is 130 cm³/mol. The zero-order valence-corrected chi connectivity index (χ0v) is 20.7. The maximum absolute atomic E-state index is 14.4. The molecule has 0 aliphatic carbocycles. The van der Waals surface area contributed by atoms with Crippen molar-refractivity contribution in [3.05, 3.63) is 46.9 Å². The standard InChI is InChI=1S/C25H30ClFN4O3/c1-16-14-29(9-10-30(16)24(33)34-25(2,3)4)15-23(32)31-8-7-17-13-28-21(12-22(17)31)19-6-5-18(26)11-20(19)27/h5-6,11-13,16H,7-10,14-15H2,1-4H3. The lowest BCUT2D eigenvalue weighted by Crippen LogP contribution is -2.56. The highest BCUT2D eigenvalue weighted by Gasteiger charge is 2.33. The van der Waals surface area contributed by atoms with E-state index in [1.54, 1.807) is 34.2 Å². The minimum Gasteiger partial charge on any atom is -0.444 e. The van der Waals surface area contributed by atoms with E-state index in [-0.39, 0.29) is 24.6 Å². The molecular weight excluding hydrogens is 459 g/mol. The van der Waals surface area contributed by atoms with Crippen LogP contribution < -0.4 is 4.90 Å². The number of hydrogen-bond acceptors (Lipinski definition) is 5. The van der Waals surface area contributed by atoms with Crippen LogP contribution in [0.1, 0.15) is 33.3 Å². The molecule has 3 heterocycles. The number of aromatic nitrogens is 1. The fourth-order valence-corrected chi connectivity index (χ4v) is 4.58. The van der Waals surface area contributed by atoms with Crippen molar-refractivity contribution in [1.29, 1.82) is 0 Å². The summed E-state index contributed by atoms with van der Waals surface area (Å²) in [6.45, 7) is 10.0. The summed E-state index contributed by atoms with van der Waals surface area (Å²) in [6, 6.07) is 6.18. The second-order valence-corrected chi connectivity index (χ2v) is 10.3. The minimum absolute atomic E-state index is 0.0228. The third-order valence-electron chi connectivity index (χ3n) is 6.06. The number of amides is 2. The van der Waals surface area contributed by atoms with Crippen LogP contribution in [0.4, 0.5) is 14.9 Å². The number of nitrogens with zero attached hydrogens (tertiary/aromatic N) is 4. The first-order valence-corrected chi connectivity index (χ1v) is 11.9. The summed E-state index contributed by atoms with van der Waals surface area (Å²) in [5, 5.41) is 0.320. The van der Waals surface area contributed by atoms with Gasteiger partial charge in [-0.2, -0.15) is 0 Å². The molecule has 0 spiro atoms. The molecular formula is C25H30ClFN4O3. The van der Waals surface area contributed by atoms with Crippen LogP contribution in [-0.2, 0) is 16.0 Å². The Labute approximate surface area is 204 Å². The number of benzene rings is 1. The van der Waals surface area contributed by atoms with Crippen LogP contribution in [0.5, 0.6) is 0 Å². The van der Waals surface area contributed by atoms with E-state index >= 15 is 0 Å². The van der Waals surface area contributed by atoms with Crippen LogP contribution in [0, 0.1) is 5.82 Å². The Morgan fingerprint density at radius 3 is 2.65 bits per heavy atom. The average Bonchev–Trinajstić information content (AvgIpc) is 3.16. The first kappa shape index (κ1) is 24.4. The highest BCUT2D eigenvalue weighted by atomic mass is 35.5. The Morgan fingerprint density at radius 2 is 1.97 bits per heavy atom. The molecule has 7 nitrogen and oxygen atoms in total. The molecule has 2 aliphatic rings. The normalized spacial score (nSPS) is 18.7. The maximum atomic E-state index is 14.4. The number of halogens is 2. The van der Waals surface area contributed by atoms with Crippen LogP contribution >= 0.6 is 11.6 Å². The van der Waals surface area contributed by atoms with Gasteiger partial charge in [0.1, 0.15) is 11.4 Å². The number of rotatable bonds is 3. The van der Waals surface area contributed by atoms with Crippen molar-refractivity contribution in [1.82, 2.24) is 14.8 Å². The van der Waals surface area contributed by atoms with E-state index in [1.807, 2.05) is 27.7 Å². The van der Waals surface area contributed by atoms with E-state index < -0.39 is 11.4 Å². The van der Waals surface area contributed by atoms with E-state index in [1.165, 1.54) is 6.07 Å². The van der Waals surface area contributed by atoms with Crippen molar-refractivity contribution in [2.75, 3.05) is 37.6 Å². The predicted octanol–water partition coefficient (Wildman–Crippen LogP) is 4.37. The van der Waals surface area contributed by atoms with Crippen LogP contribution in [0.3, 0.4) is 0 Å². The van der Waals surface area contributed by atoms with Gasteiger partial charge in [-0.1, -0.05) is 11.6 Å². The molecule has 1 aromatic carbocycles. The van der Waals surface area contributed by atoms with E-state index in [0.717, 1.165) is 11.3 Å². The zero-order valence-electron chi connectivity index (χ0n) is 20.0. The average molecular weight is 489 g/mol. The molecule has 4 rings (SSSR count). The summed E-state index contributed by atoms with van der Waals surface area (Å²) in [6.07, 6.45) is 2.10. The SMILES string of the molecule is CC1CN(CC(=O)N2CCc3cnc(-c4ccc(Cl)cc4F)cc32)CCN1C(=O)OC(C)(C)C. The van der Waals surface area contributed by atoms with E-state index in [2.05, 4.69) is 9.88 Å². The summed E-state index contributed by atoms with van der Waals surface area (Å²) in [7, 11) is 0. The third-order valence-corrected chi connectivity index (χ3v) is 6.30. The molecule has 0 radical (unpaired) electrons. The van der Waals surface area contributed by atoms with Gasteiger partial charge < -0.3 is 14.5 Å². The number of carbonyl (C=O) groups is 2. The number of carbonyl (C=O) groups excluding carboxylic acids is 2. The summed E-state index contributed by atoms with van der Waals surface area (Å²) in [5.41, 5.74) is 2.00. The van der Waals surface area contributed by atoms with E-state index in [9.17, 15) is 14.0 Å². The highest BCUT2D eigenvalue weighted by molar-refractivity contribution is 6.30. The summed E-state index contributed by atoms with van der Waals surface area (Å²) < 4.78 is 19.9. The molecule has 182 valence electrons. The van der Waals surface area contributed by atoms with Crippen LogP contribution in [0.25, 0.3) is 11.3 Å². The Balaban J connectivity index is 1.42. The molecule has 34 heavy (non-hydrogen) atoms. The second kappa shape index (κ2) is 9.50. The first-order valence-electron chi connectivity index (χ1n) is 11.5. The van der Waals surface area contributed by atoms with Gasteiger partial charge in [0, 0.05) is 49.0 Å². The molecule has 0 N–H and O–H groups in total. The molecule has 2 amide bonds. The van der Waals surface area contributed by atoms with Gasteiger partial charge in [-0.15, -0.1) is 0 Å². The highest BCUT2D eigenvalue weighted by Crippen LogP contribution is 2.33. The smallest absolute Gasteiger partial charge is 0.410 e. The molecule has 0 saturated carbocycles. The molecule has 2 aliphatic heterocycles. The molecule has 1 atom stereocenters. The topological polar surface area (TPSA) is 66.0 Å². The second-order valence-electron chi connectivity index (χ2n) is 9.88. The summed E-state index contributed by atoms with van der Waals surface area (Å²) in [5.74, 6) is -0.474. The van der Waals surface area contributed by atoms with Gasteiger partial charge in [0.05, 0.1) is 17.9 Å². The van der Waals surface area contributed by atoms with Crippen molar-refractivity contribution in [2.24, 2.45) is 0 Å². The van der Waals surface area contributed by atoms with E-state index in [0.29, 0.717) is 48.9 Å². The lowest BCUT2D eigenvalue weighted by Gasteiger charge is -2.40. The minimum atomic E-state index is -0.546. The quantitative estimate of drug-likeness (QED) is 0.641. The monoisotopic (exact) mass is 488 g/mol. The van der Waals surface area contributed by atoms with Crippen LogP contribution in [0.15, 0.2) is 30.5 Å². The van der Waals surface area contributed by atoms with E-state index in [4.69, 9.17) is 16.3 Å². The Hall–Kier alpha value is -2.71. The fourth-order valence-electron chi connectivity index (χ4n) is 4.42. The van der Waals surface area contributed by atoms with Crippen molar-refractivity contribution in [2.45, 2.75) is 45.8 Å². The first-order chi connectivity index (χ1) is 16.0. The fraction of sp³-hybridized carbons (Fsp3) is 0.480. The molecule has 1 saturated heterocycles. The largest absolute Gasteiger partial charge is 0.444 e.